The van der Waals surface area contributed by atoms with Crippen LogP contribution in [0.25, 0.3) is 0 Å². The predicted octanol–water partition coefficient (Wildman–Crippen LogP) is 1.24. The van der Waals surface area contributed by atoms with Crippen molar-refractivity contribution in [1.29, 1.82) is 0 Å². The Hall–Kier alpha value is -1.85. The highest BCUT2D eigenvalue weighted by atomic mass is 16.5. The van der Waals surface area contributed by atoms with E-state index in [0.717, 1.165) is 12.8 Å². The van der Waals surface area contributed by atoms with E-state index in [-0.39, 0.29) is 17.4 Å². The van der Waals surface area contributed by atoms with E-state index in [1.54, 1.807) is 4.90 Å². The first kappa shape index (κ1) is 11.6. The van der Waals surface area contributed by atoms with Gasteiger partial charge in [-0.1, -0.05) is 18.5 Å². The van der Waals surface area contributed by atoms with Crippen molar-refractivity contribution in [1.82, 2.24) is 10.1 Å². The van der Waals surface area contributed by atoms with Crippen molar-refractivity contribution in [2.45, 2.75) is 19.8 Å². The molecule has 2 heterocycles. The SMILES string of the molecule is CCC1CCN(C(=O)c2cc(C(=O)O)on2)C1. The molecular formula is C11H14N2O4. The van der Waals surface area contributed by atoms with E-state index in [1.165, 1.54) is 6.07 Å². The number of aromatic carboxylic acids is 1. The maximum absolute atomic E-state index is 12.0. The van der Waals surface area contributed by atoms with Crippen molar-refractivity contribution in [3.63, 3.8) is 0 Å². The third-order valence-corrected chi connectivity index (χ3v) is 3.09. The van der Waals surface area contributed by atoms with Gasteiger partial charge in [-0.2, -0.15) is 0 Å². The van der Waals surface area contributed by atoms with E-state index in [2.05, 4.69) is 16.6 Å². The molecule has 2 rings (SSSR count). The quantitative estimate of drug-likeness (QED) is 0.856. The standard InChI is InChI=1S/C11H14N2O4/c1-2-7-3-4-13(6-7)10(14)8-5-9(11(15)16)17-12-8/h5,7H,2-4,6H2,1H3,(H,15,16). The lowest BCUT2D eigenvalue weighted by molar-refractivity contribution is 0.0649. The summed E-state index contributed by atoms with van der Waals surface area (Å²) in [5.41, 5.74) is 0.0687. The van der Waals surface area contributed by atoms with Crippen LogP contribution in [0.2, 0.25) is 0 Å². The van der Waals surface area contributed by atoms with Crippen molar-refractivity contribution in [2.75, 3.05) is 13.1 Å². The molecule has 0 radical (unpaired) electrons. The number of likely N-dealkylation sites (tertiary alicyclic amines) is 1. The number of carboxylic acid groups (broad SMARTS) is 1. The number of carbonyl (C=O) groups is 2. The molecule has 1 aliphatic heterocycles. The van der Waals surface area contributed by atoms with Crippen molar-refractivity contribution >= 4 is 11.9 Å². The average molecular weight is 238 g/mol. The van der Waals surface area contributed by atoms with Crippen LogP contribution < -0.4 is 0 Å². The van der Waals surface area contributed by atoms with Crippen LogP contribution in [-0.4, -0.2) is 40.1 Å². The Balaban J connectivity index is 2.07. The number of amides is 1. The molecule has 6 heteroatoms. The van der Waals surface area contributed by atoms with Crippen LogP contribution in [0.5, 0.6) is 0 Å². The van der Waals surface area contributed by atoms with Crippen LogP contribution >= 0.6 is 0 Å². The van der Waals surface area contributed by atoms with E-state index >= 15 is 0 Å². The fourth-order valence-corrected chi connectivity index (χ4v) is 1.99. The zero-order chi connectivity index (χ0) is 12.4. The zero-order valence-corrected chi connectivity index (χ0v) is 9.55. The van der Waals surface area contributed by atoms with Crippen molar-refractivity contribution in [3.8, 4) is 0 Å². The minimum absolute atomic E-state index is 0.0687. The van der Waals surface area contributed by atoms with Gasteiger partial charge in [-0.25, -0.2) is 4.79 Å². The van der Waals surface area contributed by atoms with Gasteiger partial charge in [0.2, 0.25) is 5.76 Å². The highest BCUT2D eigenvalue weighted by molar-refractivity contribution is 5.94. The van der Waals surface area contributed by atoms with E-state index in [4.69, 9.17) is 5.11 Å². The summed E-state index contributed by atoms with van der Waals surface area (Å²) < 4.78 is 4.56. The number of hydrogen-bond donors (Lipinski definition) is 1. The third kappa shape index (κ3) is 2.30. The molecule has 1 saturated heterocycles. The van der Waals surface area contributed by atoms with Crippen molar-refractivity contribution < 1.29 is 19.2 Å². The van der Waals surface area contributed by atoms with Gasteiger partial charge in [-0.05, 0) is 12.3 Å². The Morgan fingerprint density at radius 3 is 2.94 bits per heavy atom. The van der Waals surface area contributed by atoms with Crippen LogP contribution in [-0.2, 0) is 0 Å². The van der Waals surface area contributed by atoms with Gasteiger partial charge >= 0.3 is 5.97 Å². The van der Waals surface area contributed by atoms with Gasteiger partial charge in [0, 0.05) is 19.2 Å². The lowest BCUT2D eigenvalue weighted by atomic mass is 10.1. The Morgan fingerprint density at radius 2 is 2.41 bits per heavy atom. The molecule has 1 fully saturated rings. The summed E-state index contributed by atoms with van der Waals surface area (Å²) in [4.78, 5) is 24.2. The fourth-order valence-electron chi connectivity index (χ4n) is 1.99. The molecule has 92 valence electrons. The monoisotopic (exact) mass is 238 g/mol. The second kappa shape index (κ2) is 4.57. The van der Waals surface area contributed by atoms with Gasteiger partial charge in [0.25, 0.3) is 5.91 Å². The highest BCUT2D eigenvalue weighted by Crippen LogP contribution is 2.20. The number of nitrogens with zero attached hydrogens (tertiary/aromatic N) is 2. The highest BCUT2D eigenvalue weighted by Gasteiger charge is 2.28. The average Bonchev–Trinajstić information content (AvgIpc) is 2.97. The molecule has 1 atom stereocenters. The van der Waals surface area contributed by atoms with Crippen LogP contribution in [0.15, 0.2) is 10.6 Å². The van der Waals surface area contributed by atoms with Crippen LogP contribution in [0.1, 0.15) is 40.8 Å². The number of carbonyl (C=O) groups excluding carboxylic acids is 1. The molecule has 0 spiro atoms. The smallest absolute Gasteiger partial charge is 0.374 e. The lowest BCUT2D eigenvalue weighted by Gasteiger charge is -2.13. The van der Waals surface area contributed by atoms with Gasteiger partial charge in [0.1, 0.15) is 0 Å². The summed E-state index contributed by atoms with van der Waals surface area (Å²) in [7, 11) is 0. The molecule has 0 aromatic carbocycles. The molecular weight excluding hydrogens is 224 g/mol. The van der Waals surface area contributed by atoms with E-state index in [9.17, 15) is 9.59 Å². The maximum atomic E-state index is 12.0. The molecule has 1 unspecified atom stereocenters. The van der Waals surface area contributed by atoms with E-state index in [0.29, 0.717) is 19.0 Å². The molecule has 1 aromatic heterocycles. The first-order valence-electron chi connectivity index (χ1n) is 5.61. The third-order valence-electron chi connectivity index (χ3n) is 3.09. The van der Waals surface area contributed by atoms with Crippen molar-refractivity contribution in [2.24, 2.45) is 5.92 Å². The maximum Gasteiger partial charge on any atom is 0.374 e. The summed E-state index contributed by atoms with van der Waals surface area (Å²) in [5, 5.41) is 12.2. The molecule has 0 saturated carbocycles. The summed E-state index contributed by atoms with van der Waals surface area (Å²) in [5.74, 6) is -1.24. The molecule has 17 heavy (non-hydrogen) atoms. The van der Waals surface area contributed by atoms with Crippen LogP contribution in [0, 0.1) is 5.92 Å². The Bertz CT molecular complexity index is 440. The summed E-state index contributed by atoms with van der Waals surface area (Å²) in [6.45, 7) is 3.51. The number of rotatable bonds is 3. The Labute approximate surface area is 98.2 Å². The Kier molecular flexibility index (Phi) is 3.12. The van der Waals surface area contributed by atoms with Gasteiger partial charge in [0.15, 0.2) is 5.69 Å². The summed E-state index contributed by atoms with van der Waals surface area (Å²) in [6.07, 6.45) is 2.04. The van der Waals surface area contributed by atoms with Gasteiger partial charge in [-0.15, -0.1) is 0 Å². The number of carboxylic acids is 1. The molecule has 0 bridgehead atoms. The summed E-state index contributed by atoms with van der Waals surface area (Å²) in [6, 6.07) is 1.17. The number of hydrogen-bond acceptors (Lipinski definition) is 4. The van der Waals surface area contributed by atoms with Gasteiger partial charge in [-0.3, -0.25) is 4.79 Å². The first-order valence-corrected chi connectivity index (χ1v) is 5.61. The first-order chi connectivity index (χ1) is 8.11. The van der Waals surface area contributed by atoms with Crippen molar-refractivity contribution in [3.05, 3.63) is 17.5 Å². The Morgan fingerprint density at radius 1 is 1.65 bits per heavy atom. The minimum Gasteiger partial charge on any atom is -0.475 e. The molecule has 0 aliphatic carbocycles. The minimum atomic E-state index is -1.22. The van der Waals surface area contributed by atoms with Gasteiger partial charge in [0.05, 0.1) is 0 Å². The van der Waals surface area contributed by atoms with Crippen LogP contribution in [0.3, 0.4) is 0 Å². The van der Waals surface area contributed by atoms with E-state index in [1.807, 2.05) is 0 Å². The topological polar surface area (TPSA) is 83.6 Å². The van der Waals surface area contributed by atoms with E-state index < -0.39 is 5.97 Å². The summed E-state index contributed by atoms with van der Waals surface area (Å²) >= 11 is 0. The second-order valence-corrected chi connectivity index (χ2v) is 4.20. The molecule has 6 nitrogen and oxygen atoms in total. The molecule has 1 amide bonds. The predicted molar refractivity (Wildman–Crippen MR) is 57.8 cm³/mol. The zero-order valence-electron chi connectivity index (χ0n) is 9.55. The fraction of sp³-hybridized carbons (Fsp3) is 0.545. The second-order valence-electron chi connectivity index (χ2n) is 4.20. The molecule has 1 aliphatic rings. The normalized spacial score (nSPS) is 19.6. The van der Waals surface area contributed by atoms with Gasteiger partial charge < -0.3 is 14.5 Å². The lowest BCUT2D eigenvalue weighted by Crippen LogP contribution is -2.28. The largest absolute Gasteiger partial charge is 0.475 e. The van der Waals surface area contributed by atoms with Crippen LogP contribution in [0.4, 0.5) is 0 Å². The number of aromatic nitrogens is 1. The molecule has 1 aromatic rings. The molecule has 1 N–H and O–H groups in total.